The predicted molar refractivity (Wildman–Crippen MR) is 323 cm³/mol. The van der Waals surface area contributed by atoms with E-state index in [1.54, 1.807) is 92.1 Å². The van der Waals surface area contributed by atoms with Gasteiger partial charge in [0.25, 0.3) is 5.56 Å². The Morgan fingerprint density at radius 1 is 0.814 bits per heavy atom. The zero-order chi connectivity index (χ0) is 60.4. The number of urea groups is 1. The molecule has 2 aliphatic heterocycles. The fourth-order valence-corrected chi connectivity index (χ4v) is 12.0. The Kier molecular flexibility index (Phi) is 16.0. The van der Waals surface area contributed by atoms with Crippen LogP contribution < -0.4 is 36.9 Å². The van der Waals surface area contributed by atoms with E-state index in [1.807, 2.05) is 48.5 Å². The van der Waals surface area contributed by atoms with E-state index in [-0.39, 0.29) is 59.5 Å². The number of imidazole rings is 2. The van der Waals surface area contributed by atoms with E-state index in [4.69, 9.17) is 26.7 Å². The van der Waals surface area contributed by atoms with Crippen LogP contribution in [0.15, 0.2) is 156 Å². The first-order valence-corrected chi connectivity index (χ1v) is 29.2. The molecule has 0 aliphatic carbocycles. The highest BCUT2D eigenvalue weighted by Gasteiger charge is 2.51. The number of amides is 3. The molecule has 3 amide bonds. The second-order valence-corrected chi connectivity index (χ2v) is 23.2. The maximum absolute atomic E-state index is 14.5. The topological polar surface area (TPSA) is 323 Å². The third-order valence-corrected chi connectivity index (χ3v) is 16.6. The van der Waals surface area contributed by atoms with Crippen molar-refractivity contribution in [2.75, 3.05) is 16.0 Å². The predicted octanol–water partition coefficient (Wildman–Crippen LogP) is 7.25. The Morgan fingerprint density at radius 3 is 2.29 bits per heavy atom. The van der Waals surface area contributed by atoms with Crippen LogP contribution in [-0.4, -0.2) is 96.1 Å². The number of ether oxygens (including phenoxy) is 2. The largest absolute Gasteiger partial charge is 0.480 e. The molecule has 0 fully saturated rings. The molecule has 4 aromatic heterocycles. The maximum Gasteiger partial charge on any atom is 0.355 e. The second kappa shape index (κ2) is 23.9. The summed E-state index contributed by atoms with van der Waals surface area (Å²) in [7, 11) is -4.40. The van der Waals surface area contributed by atoms with Crippen LogP contribution in [0.1, 0.15) is 55.1 Å². The van der Waals surface area contributed by atoms with E-state index in [1.165, 1.54) is 30.7 Å². The first kappa shape index (κ1) is 57.7. The Morgan fingerprint density at radius 2 is 1.56 bits per heavy atom. The maximum atomic E-state index is 14.5. The molecule has 0 saturated carbocycles. The number of nitrogens with one attached hydrogen (secondary N) is 8. The number of carboxylic acids is 1. The van der Waals surface area contributed by atoms with E-state index in [9.17, 15) is 42.3 Å². The molecule has 0 radical (unpaired) electrons. The summed E-state index contributed by atoms with van der Waals surface area (Å²) < 4.78 is 43.3. The molecular formula is C61H56N12O11S2. The Labute approximate surface area is 496 Å². The number of carbonyl (C=O) groups is 5. The summed E-state index contributed by atoms with van der Waals surface area (Å²) in [5.41, 5.74) is 4.78. The first-order chi connectivity index (χ1) is 41.3. The van der Waals surface area contributed by atoms with Gasteiger partial charge in [-0.3, -0.25) is 19.7 Å². The summed E-state index contributed by atoms with van der Waals surface area (Å²) in [5.74, 6) is -4.23. The number of pyridine rings is 2. The summed E-state index contributed by atoms with van der Waals surface area (Å²) in [6.45, 7) is 4.95. The number of nitrogens with zero attached hydrogens (tertiary/aromatic N) is 4. The number of esters is 2. The van der Waals surface area contributed by atoms with E-state index in [0.29, 0.717) is 50.7 Å². The number of aliphatic carboxylic acids is 1. The van der Waals surface area contributed by atoms with Gasteiger partial charge in [-0.15, -0.1) is 0 Å². The van der Waals surface area contributed by atoms with Gasteiger partial charge in [0.15, 0.2) is 5.11 Å². The molecule has 23 nitrogen and oxygen atoms in total. The van der Waals surface area contributed by atoms with E-state index in [0.717, 1.165) is 22.0 Å². The van der Waals surface area contributed by atoms with Crippen LogP contribution in [0.25, 0.3) is 44.5 Å². The van der Waals surface area contributed by atoms with Gasteiger partial charge in [0.1, 0.15) is 24.7 Å². The third-order valence-electron chi connectivity index (χ3n) is 14.9. The van der Waals surface area contributed by atoms with Crippen LogP contribution in [0.2, 0.25) is 0 Å². The van der Waals surface area contributed by atoms with Crippen molar-refractivity contribution in [3.05, 3.63) is 184 Å². The average Bonchev–Trinajstić information content (AvgIpc) is 3.76. The number of aromatic amines is 2. The Balaban J connectivity index is 0.733. The number of para-hydroxylation sites is 3. The number of H-pyrrole nitrogens is 2. The van der Waals surface area contributed by atoms with Crippen molar-refractivity contribution in [3.63, 3.8) is 0 Å². The van der Waals surface area contributed by atoms with Crippen LogP contribution in [0.5, 0.6) is 0 Å². The van der Waals surface area contributed by atoms with Crippen molar-refractivity contribution in [2.24, 2.45) is 5.92 Å². The van der Waals surface area contributed by atoms with E-state index >= 15 is 0 Å². The van der Waals surface area contributed by atoms with Crippen LogP contribution in [0, 0.1) is 5.92 Å². The van der Waals surface area contributed by atoms with Gasteiger partial charge in [-0.25, -0.2) is 37.8 Å². The zero-order valence-corrected chi connectivity index (χ0v) is 48.0. The number of aromatic nitrogens is 6. The molecule has 0 spiro atoms. The van der Waals surface area contributed by atoms with Gasteiger partial charge in [0.05, 0.1) is 51.3 Å². The SMILES string of the molecule is CC[C@@]1(OC(=O)[C@H](NC(=O)[C@H](Cc2cnc[nH]2)NC(=S)Nc2ccc(CC(NS(=O)(=O)c3cccc(-c4cccc(NC(=O)Nc5nc6ccccc6[nH]5)c4)c3)C(=O)O)cc2)C(C)C)C(=O)OCc2c1cc1n(c2=O)Cc2cc3ccccc3nc2-1. The number of thiocarbonyl (C=S) groups is 1. The van der Waals surface area contributed by atoms with Gasteiger partial charge in [-0.2, -0.15) is 4.72 Å². The van der Waals surface area contributed by atoms with Gasteiger partial charge in [-0.1, -0.05) is 87.5 Å². The van der Waals surface area contributed by atoms with Crippen LogP contribution in [0.4, 0.5) is 22.1 Å². The Bertz CT molecular complexity index is 4310. The number of hydrogen-bond acceptors (Lipinski definition) is 14. The molecule has 2 aliphatic rings. The molecule has 6 heterocycles. The third kappa shape index (κ3) is 12.0. The van der Waals surface area contributed by atoms with Crippen LogP contribution in [0.3, 0.4) is 0 Å². The number of cyclic esters (lactones) is 1. The molecule has 9 aromatic rings. The van der Waals surface area contributed by atoms with Gasteiger partial charge in [0.2, 0.25) is 27.5 Å². The molecule has 9 N–H and O–H groups in total. The van der Waals surface area contributed by atoms with Gasteiger partial charge < -0.3 is 50.4 Å². The molecule has 25 heteroatoms. The van der Waals surface area contributed by atoms with Crippen molar-refractivity contribution in [2.45, 2.75) is 81.8 Å². The molecule has 0 saturated heterocycles. The van der Waals surface area contributed by atoms with Gasteiger partial charge in [0, 0.05) is 46.2 Å². The fourth-order valence-electron chi connectivity index (χ4n) is 10.5. The van der Waals surface area contributed by atoms with E-state index in [2.05, 4.69) is 51.2 Å². The lowest BCUT2D eigenvalue weighted by atomic mass is 9.85. The fraction of sp³-hybridized carbons (Fsp3) is 0.213. The molecule has 0 bridgehead atoms. The highest BCUT2D eigenvalue weighted by Crippen LogP contribution is 2.41. The molecule has 1 unspecified atom stereocenters. The lowest BCUT2D eigenvalue weighted by Crippen LogP contribution is -2.56. The minimum atomic E-state index is -4.40. The van der Waals surface area contributed by atoms with Crippen molar-refractivity contribution in [1.29, 1.82) is 0 Å². The minimum Gasteiger partial charge on any atom is -0.480 e. The van der Waals surface area contributed by atoms with E-state index < -0.39 is 75.1 Å². The quantitative estimate of drug-likeness (QED) is 0.0284. The summed E-state index contributed by atoms with van der Waals surface area (Å²) >= 11 is 5.68. The lowest BCUT2D eigenvalue weighted by molar-refractivity contribution is -0.191. The number of rotatable bonds is 19. The summed E-state index contributed by atoms with van der Waals surface area (Å²) in [6, 6.07) is 33.0. The number of hydrogen-bond donors (Lipinski definition) is 9. The normalized spacial score (nSPS) is 15.3. The highest BCUT2D eigenvalue weighted by atomic mass is 32.2. The smallest absolute Gasteiger partial charge is 0.355 e. The van der Waals surface area contributed by atoms with Crippen molar-refractivity contribution in [3.8, 4) is 22.5 Å². The molecular weight excluding hydrogens is 1140 g/mol. The van der Waals surface area contributed by atoms with Gasteiger partial charge in [-0.05, 0) is 114 Å². The highest BCUT2D eigenvalue weighted by molar-refractivity contribution is 7.89. The number of anilines is 3. The summed E-state index contributed by atoms with van der Waals surface area (Å²) in [6.07, 6.45) is 2.63. The number of carbonyl (C=O) groups excluding carboxylic acids is 4. The number of fused-ring (bicyclic) bond motifs is 6. The molecule has 86 heavy (non-hydrogen) atoms. The summed E-state index contributed by atoms with van der Waals surface area (Å²) in [4.78, 5) is 102. The van der Waals surface area contributed by atoms with Crippen molar-refractivity contribution >= 4 is 96.5 Å². The van der Waals surface area contributed by atoms with Gasteiger partial charge >= 0.3 is 23.9 Å². The standard InChI is InChI=1S/C61H56N12O11S2/c1-4-61(44-28-50-52-38(24-37-11-5-6-16-45(37)66-52)30-73(50)54(75)43(44)31-83-57(61)79)84-56(78)51(33(2)3)70-53(74)48(27-41-29-62-32-63-41)69-60(85)65-39-21-19-34(20-22-39)23-49(55(76)77)72-86(81,82)42-15-10-13-36(26-42)35-12-9-14-40(25-35)64-59(80)71-58-67-46-17-7-8-18-47(46)68-58/h5-22,24-26,28-29,32-33,48-49,51,72H,4,23,27,30-31H2,1-3H3,(H,62,63)(H,70,74)(H,76,77)(H2,65,69,85)(H3,64,67,68,71,80)/t48-,49?,51+,61-/m0/s1. The average molecular weight is 1200 g/mol. The molecule has 438 valence electrons. The van der Waals surface area contributed by atoms with Crippen LogP contribution >= 0.6 is 12.2 Å². The molecule has 4 atom stereocenters. The monoisotopic (exact) mass is 1200 g/mol. The lowest BCUT2D eigenvalue weighted by Gasteiger charge is -2.37. The van der Waals surface area contributed by atoms with Crippen molar-refractivity contribution in [1.82, 2.24) is 44.8 Å². The zero-order valence-electron chi connectivity index (χ0n) is 46.3. The molecule has 5 aromatic carbocycles. The number of sulfonamides is 1. The minimum absolute atomic E-state index is 0.0122. The first-order valence-electron chi connectivity index (χ1n) is 27.3. The summed E-state index contributed by atoms with van der Waals surface area (Å²) in [5, 5.41) is 25.4. The number of benzene rings is 5. The molecule has 11 rings (SSSR count). The number of carboxylic acid groups (broad SMARTS) is 1. The van der Waals surface area contributed by atoms with Crippen LogP contribution in [-0.2, 0) is 70.3 Å². The second-order valence-electron chi connectivity index (χ2n) is 21.0. The Hall–Kier alpha value is -10.1. The van der Waals surface area contributed by atoms with Crippen molar-refractivity contribution < 1.29 is 47.0 Å².